The van der Waals surface area contributed by atoms with Crippen molar-refractivity contribution in [2.45, 2.75) is 59.2 Å². The Balaban J connectivity index is 4.56. The zero-order valence-corrected chi connectivity index (χ0v) is 10.6. The third-order valence-electron chi connectivity index (χ3n) is 3.16. The molecule has 12 heavy (non-hydrogen) atoms. The lowest BCUT2D eigenvalue weighted by Gasteiger charge is -2.40. The first-order valence-corrected chi connectivity index (χ1v) is 8.20. The smallest absolute Gasteiger partial charge is 0.120 e. The minimum atomic E-state index is -1.44. The molecule has 0 heterocycles. The summed E-state index contributed by atoms with van der Waals surface area (Å²) in [5, 5.41) is 6.29. The average Bonchev–Trinajstić information content (AvgIpc) is 1.85. The molecule has 0 aliphatic heterocycles. The number of rotatable bonds is 4. The van der Waals surface area contributed by atoms with E-state index in [1.54, 1.807) is 0 Å². The Morgan fingerprint density at radius 3 is 1.75 bits per heavy atom. The van der Waals surface area contributed by atoms with Gasteiger partial charge in [-0.3, -0.25) is 0 Å². The lowest BCUT2D eigenvalue weighted by molar-refractivity contribution is 0.310. The number of nitrogens with two attached hydrogens (primary N) is 1. The van der Waals surface area contributed by atoms with Crippen molar-refractivity contribution >= 4 is 8.24 Å². The van der Waals surface area contributed by atoms with E-state index in [2.05, 4.69) is 40.8 Å². The molecule has 0 aliphatic rings. The van der Waals surface area contributed by atoms with Crippen LogP contribution in [0.25, 0.3) is 0 Å². The average molecular weight is 187 g/mol. The molecule has 0 spiro atoms. The maximum atomic E-state index is 6.29. The number of hydrogen-bond donors (Lipinski definition) is 1. The van der Waals surface area contributed by atoms with Crippen LogP contribution in [0.2, 0.25) is 18.6 Å². The van der Waals surface area contributed by atoms with Crippen LogP contribution in [0.3, 0.4) is 0 Å². The van der Waals surface area contributed by atoms with Crippen LogP contribution in [0.15, 0.2) is 0 Å². The summed E-state index contributed by atoms with van der Waals surface area (Å²) in [5.41, 5.74) is 1.18. The number of hydrogen-bond acceptors (Lipinski definition) is 1. The highest BCUT2D eigenvalue weighted by atomic mass is 28.3. The van der Waals surface area contributed by atoms with Crippen LogP contribution < -0.4 is 5.40 Å². The molecule has 0 radical (unpaired) electrons. The van der Waals surface area contributed by atoms with E-state index in [-0.39, 0.29) is 0 Å². The summed E-state index contributed by atoms with van der Waals surface area (Å²) in [4.78, 5) is 0. The molecule has 0 rings (SSSR count). The Bertz CT molecular complexity index is 135. The van der Waals surface area contributed by atoms with Crippen molar-refractivity contribution in [1.29, 1.82) is 0 Å². The molecule has 0 bridgehead atoms. The summed E-state index contributed by atoms with van der Waals surface area (Å²) in [7, 11) is -1.44. The Hall–Kier alpha value is 0.177. The lowest BCUT2D eigenvalue weighted by atomic mass is 9.85. The van der Waals surface area contributed by atoms with Gasteiger partial charge in [-0.25, -0.2) is 0 Å². The van der Waals surface area contributed by atoms with Crippen molar-refractivity contribution in [2.75, 3.05) is 0 Å². The van der Waals surface area contributed by atoms with Crippen LogP contribution in [0.1, 0.15) is 40.5 Å². The van der Waals surface area contributed by atoms with Gasteiger partial charge in [0, 0.05) is 0 Å². The van der Waals surface area contributed by atoms with Gasteiger partial charge < -0.3 is 5.40 Å². The van der Waals surface area contributed by atoms with Crippen LogP contribution >= 0.6 is 0 Å². The highest BCUT2D eigenvalue weighted by molar-refractivity contribution is 6.75. The minimum absolute atomic E-state index is 0.430. The van der Waals surface area contributed by atoms with E-state index < -0.39 is 8.24 Å². The Labute approximate surface area is 78.8 Å². The second-order valence-corrected chi connectivity index (χ2v) is 9.46. The largest absolute Gasteiger partial charge is 0.351 e. The van der Waals surface area contributed by atoms with Crippen molar-refractivity contribution in [2.24, 2.45) is 10.8 Å². The summed E-state index contributed by atoms with van der Waals surface area (Å²) in [5.74, 6) is 0. The standard InChI is InChI=1S/C10H25NSi/c1-7-9(12(5,6)11)10(3,4)8-2/h9H,7-8,11H2,1-6H3. The normalized spacial score (nSPS) is 16.2. The highest BCUT2D eigenvalue weighted by Crippen LogP contribution is 2.42. The van der Waals surface area contributed by atoms with Gasteiger partial charge in [0.1, 0.15) is 8.24 Å². The van der Waals surface area contributed by atoms with Gasteiger partial charge in [-0.2, -0.15) is 0 Å². The summed E-state index contributed by atoms with van der Waals surface area (Å²) in [6, 6.07) is 0. The fourth-order valence-electron chi connectivity index (χ4n) is 2.33. The molecule has 2 N–H and O–H groups in total. The van der Waals surface area contributed by atoms with Gasteiger partial charge in [-0.05, 0) is 11.0 Å². The van der Waals surface area contributed by atoms with Crippen molar-refractivity contribution in [3.8, 4) is 0 Å². The summed E-state index contributed by atoms with van der Waals surface area (Å²) in [6.45, 7) is 13.8. The molecule has 1 unspecified atom stereocenters. The van der Waals surface area contributed by atoms with E-state index in [0.717, 1.165) is 5.54 Å². The topological polar surface area (TPSA) is 26.0 Å². The summed E-state index contributed by atoms with van der Waals surface area (Å²) in [6.07, 6.45) is 2.47. The van der Waals surface area contributed by atoms with Crippen molar-refractivity contribution in [3.05, 3.63) is 0 Å². The Morgan fingerprint density at radius 1 is 1.25 bits per heavy atom. The first kappa shape index (κ1) is 12.2. The quantitative estimate of drug-likeness (QED) is 0.671. The van der Waals surface area contributed by atoms with Gasteiger partial charge in [-0.1, -0.05) is 53.6 Å². The maximum absolute atomic E-state index is 6.29. The molecule has 2 heteroatoms. The van der Waals surface area contributed by atoms with Gasteiger partial charge in [0.25, 0.3) is 0 Å². The fourth-order valence-corrected chi connectivity index (χ4v) is 5.60. The third kappa shape index (κ3) is 2.90. The molecule has 0 aromatic heterocycles. The molecule has 0 aliphatic carbocycles. The van der Waals surface area contributed by atoms with Gasteiger partial charge in [-0.15, -0.1) is 0 Å². The second-order valence-electron chi connectivity index (χ2n) is 5.12. The first-order chi connectivity index (χ1) is 5.25. The molecule has 0 aromatic rings. The minimum Gasteiger partial charge on any atom is -0.351 e. The van der Waals surface area contributed by atoms with Crippen molar-refractivity contribution in [1.82, 2.24) is 0 Å². The molecule has 74 valence electrons. The zero-order valence-electron chi connectivity index (χ0n) is 9.57. The predicted molar refractivity (Wildman–Crippen MR) is 59.8 cm³/mol. The van der Waals surface area contributed by atoms with Gasteiger partial charge in [0.05, 0.1) is 0 Å². The van der Waals surface area contributed by atoms with E-state index in [1.807, 2.05) is 0 Å². The van der Waals surface area contributed by atoms with Gasteiger partial charge in [0.15, 0.2) is 0 Å². The van der Waals surface area contributed by atoms with E-state index in [1.165, 1.54) is 12.8 Å². The van der Waals surface area contributed by atoms with Crippen LogP contribution in [0.4, 0.5) is 0 Å². The van der Waals surface area contributed by atoms with Crippen LogP contribution in [0.5, 0.6) is 0 Å². The first-order valence-electron chi connectivity index (χ1n) is 5.04. The molecule has 0 aromatic carbocycles. The molecule has 0 amide bonds. The molecular weight excluding hydrogens is 162 g/mol. The Kier molecular flexibility index (Phi) is 3.98. The van der Waals surface area contributed by atoms with E-state index in [0.29, 0.717) is 5.41 Å². The maximum Gasteiger partial charge on any atom is 0.120 e. The molecule has 1 atom stereocenters. The monoisotopic (exact) mass is 187 g/mol. The van der Waals surface area contributed by atoms with E-state index in [9.17, 15) is 0 Å². The van der Waals surface area contributed by atoms with Crippen LogP contribution in [-0.2, 0) is 0 Å². The molecule has 1 nitrogen and oxygen atoms in total. The predicted octanol–water partition coefficient (Wildman–Crippen LogP) is 3.37. The van der Waals surface area contributed by atoms with Crippen LogP contribution in [0, 0.1) is 5.41 Å². The Morgan fingerprint density at radius 2 is 1.67 bits per heavy atom. The van der Waals surface area contributed by atoms with Crippen molar-refractivity contribution < 1.29 is 0 Å². The summed E-state index contributed by atoms with van der Waals surface area (Å²) >= 11 is 0. The van der Waals surface area contributed by atoms with Gasteiger partial charge in [0.2, 0.25) is 0 Å². The van der Waals surface area contributed by atoms with Crippen molar-refractivity contribution in [3.63, 3.8) is 0 Å². The van der Waals surface area contributed by atoms with Crippen LogP contribution in [-0.4, -0.2) is 8.24 Å². The SMILES string of the molecule is CCC(C(C)(C)CC)[Si](C)(C)N. The van der Waals surface area contributed by atoms with E-state index in [4.69, 9.17) is 5.40 Å². The lowest BCUT2D eigenvalue weighted by Crippen LogP contribution is -2.48. The van der Waals surface area contributed by atoms with E-state index >= 15 is 0 Å². The molecular formula is C10H25NSi. The second kappa shape index (κ2) is 3.92. The van der Waals surface area contributed by atoms with Gasteiger partial charge >= 0.3 is 0 Å². The third-order valence-corrected chi connectivity index (χ3v) is 6.15. The fraction of sp³-hybridized carbons (Fsp3) is 1.00. The molecule has 0 saturated heterocycles. The molecule has 0 fully saturated rings. The molecule has 0 saturated carbocycles. The zero-order chi connectivity index (χ0) is 9.99. The summed E-state index contributed by atoms with van der Waals surface area (Å²) < 4.78 is 0. The highest BCUT2D eigenvalue weighted by Gasteiger charge is 2.37.